The molecule has 2 rings (SSSR count). The highest BCUT2D eigenvalue weighted by Crippen LogP contribution is 2.41. The monoisotopic (exact) mass is 239 g/mol. The van der Waals surface area contributed by atoms with E-state index in [-0.39, 0.29) is 0 Å². The molecule has 1 aliphatic carbocycles. The van der Waals surface area contributed by atoms with Crippen LogP contribution in [-0.2, 0) is 0 Å². The maximum atomic E-state index is 6.08. The van der Waals surface area contributed by atoms with Crippen molar-refractivity contribution in [3.05, 3.63) is 23.5 Å². The lowest BCUT2D eigenvalue weighted by Crippen LogP contribution is -2.41. The van der Waals surface area contributed by atoms with Gasteiger partial charge in [-0.1, -0.05) is 11.6 Å². The number of halogens is 1. The minimum Gasteiger partial charge on any atom is -0.370 e. The number of pyridine rings is 1. The Hall–Kier alpha value is -0.800. The van der Waals surface area contributed by atoms with Gasteiger partial charge < -0.3 is 9.80 Å². The molecule has 1 aromatic rings. The van der Waals surface area contributed by atoms with Gasteiger partial charge in [0.15, 0.2) is 5.15 Å². The van der Waals surface area contributed by atoms with Crippen molar-refractivity contribution in [2.45, 2.75) is 18.4 Å². The molecule has 1 saturated carbocycles. The fourth-order valence-corrected chi connectivity index (χ4v) is 2.34. The fourth-order valence-electron chi connectivity index (χ4n) is 2.08. The van der Waals surface area contributed by atoms with Crippen molar-refractivity contribution >= 4 is 17.3 Å². The minimum atomic E-state index is 0.341. The largest absolute Gasteiger partial charge is 0.370 e. The molecule has 1 heterocycles. The second-order valence-electron chi connectivity index (χ2n) is 4.79. The van der Waals surface area contributed by atoms with Crippen molar-refractivity contribution in [2.24, 2.45) is 0 Å². The zero-order chi connectivity index (χ0) is 11.8. The Morgan fingerprint density at radius 2 is 2.06 bits per heavy atom. The number of hydrogen-bond acceptors (Lipinski definition) is 3. The maximum Gasteiger partial charge on any atom is 0.152 e. The van der Waals surface area contributed by atoms with Gasteiger partial charge in [0, 0.05) is 25.3 Å². The molecule has 0 N–H and O–H groups in total. The summed E-state index contributed by atoms with van der Waals surface area (Å²) in [5.41, 5.74) is 1.35. The van der Waals surface area contributed by atoms with Crippen LogP contribution >= 0.6 is 11.6 Å². The fraction of sp³-hybridized carbons (Fsp3) is 0.583. The zero-order valence-corrected chi connectivity index (χ0v) is 10.8. The van der Waals surface area contributed by atoms with Crippen LogP contribution in [0.1, 0.15) is 12.8 Å². The molecule has 0 bridgehead atoms. The predicted octanol–water partition coefficient (Wildman–Crippen LogP) is 2.27. The smallest absolute Gasteiger partial charge is 0.152 e. The highest BCUT2D eigenvalue weighted by molar-refractivity contribution is 6.32. The standard InChI is InChI=1S/C12H18ClN3/c1-15(2)12(6-7-12)9-16(3)10-5-4-8-14-11(10)13/h4-5,8H,6-7,9H2,1-3H3. The van der Waals surface area contributed by atoms with Crippen molar-refractivity contribution in [1.82, 2.24) is 9.88 Å². The van der Waals surface area contributed by atoms with Crippen molar-refractivity contribution in [3.63, 3.8) is 0 Å². The van der Waals surface area contributed by atoms with Gasteiger partial charge in [0.2, 0.25) is 0 Å². The molecule has 1 fully saturated rings. The molecule has 1 aromatic heterocycles. The first-order valence-electron chi connectivity index (χ1n) is 5.54. The van der Waals surface area contributed by atoms with E-state index in [2.05, 4.69) is 35.9 Å². The van der Waals surface area contributed by atoms with Gasteiger partial charge in [-0.3, -0.25) is 0 Å². The van der Waals surface area contributed by atoms with Gasteiger partial charge in [-0.15, -0.1) is 0 Å². The topological polar surface area (TPSA) is 19.4 Å². The molecule has 3 nitrogen and oxygen atoms in total. The Morgan fingerprint density at radius 1 is 1.38 bits per heavy atom. The van der Waals surface area contributed by atoms with E-state index in [0.717, 1.165) is 12.2 Å². The third-order valence-corrected chi connectivity index (χ3v) is 3.75. The van der Waals surface area contributed by atoms with E-state index in [1.54, 1.807) is 6.20 Å². The van der Waals surface area contributed by atoms with Gasteiger partial charge in [-0.05, 0) is 39.1 Å². The Kier molecular flexibility index (Phi) is 3.08. The maximum absolute atomic E-state index is 6.08. The lowest BCUT2D eigenvalue weighted by Gasteiger charge is -2.30. The van der Waals surface area contributed by atoms with Crippen LogP contribution < -0.4 is 4.90 Å². The first-order valence-corrected chi connectivity index (χ1v) is 5.92. The Bertz CT molecular complexity index is 374. The van der Waals surface area contributed by atoms with Gasteiger partial charge in [-0.25, -0.2) is 4.98 Å². The van der Waals surface area contributed by atoms with Crippen LogP contribution in [0.4, 0.5) is 5.69 Å². The average Bonchev–Trinajstić information content (AvgIpc) is 2.99. The van der Waals surface area contributed by atoms with Crippen LogP contribution in [0.3, 0.4) is 0 Å². The molecule has 4 heteroatoms. The van der Waals surface area contributed by atoms with E-state index in [1.165, 1.54) is 12.8 Å². The van der Waals surface area contributed by atoms with E-state index < -0.39 is 0 Å². The van der Waals surface area contributed by atoms with Gasteiger partial charge in [-0.2, -0.15) is 0 Å². The molecule has 88 valence electrons. The second kappa shape index (κ2) is 4.22. The van der Waals surface area contributed by atoms with E-state index in [9.17, 15) is 0 Å². The summed E-state index contributed by atoms with van der Waals surface area (Å²) in [6, 6.07) is 3.94. The summed E-state index contributed by atoms with van der Waals surface area (Å²) in [7, 11) is 6.36. The summed E-state index contributed by atoms with van der Waals surface area (Å²) in [5.74, 6) is 0. The molecule has 0 spiro atoms. The van der Waals surface area contributed by atoms with Crippen LogP contribution in [0, 0.1) is 0 Å². The van der Waals surface area contributed by atoms with Gasteiger partial charge in [0.1, 0.15) is 0 Å². The Labute approximate surface area is 102 Å². The SMILES string of the molecule is CN(CC1(N(C)C)CC1)c1cccnc1Cl. The van der Waals surface area contributed by atoms with Crippen LogP contribution in [0.2, 0.25) is 5.15 Å². The normalized spacial score (nSPS) is 17.6. The van der Waals surface area contributed by atoms with Crippen LogP contribution in [0.15, 0.2) is 18.3 Å². The molecule has 16 heavy (non-hydrogen) atoms. The molecular formula is C12H18ClN3. The number of rotatable bonds is 4. The van der Waals surface area contributed by atoms with E-state index in [0.29, 0.717) is 10.7 Å². The first-order chi connectivity index (χ1) is 7.55. The number of aromatic nitrogens is 1. The quantitative estimate of drug-likeness (QED) is 0.752. The average molecular weight is 240 g/mol. The molecule has 0 amide bonds. The van der Waals surface area contributed by atoms with Crippen LogP contribution in [-0.4, -0.2) is 43.1 Å². The van der Waals surface area contributed by atoms with E-state index in [1.807, 2.05) is 12.1 Å². The van der Waals surface area contributed by atoms with E-state index in [4.69, 9.17) is 11.6 Å². The van der Waals surface area contributed by atoms with Gasteiger partial charge >= 0.3 is 0 Å². The molecule has 0 aromatic carbocycles. The third kappa shape index (κ3) is 2.15. The van der Waals surface area contributed by atoms with Crippen LogP contribution in [0.5, 0.6) is 0 Å². The van der Waals surface area contributed by atoms with Gasteiger partial charge in [0.05, 0.1) is 5.69 Å². The molecule has 0 saturated heterocycles. The summed E-state index contributed by atoms with van der Waals surface area (Å²) < 4.78 is 0. The number of likely N-dealkylation sites (N-methyl/N-ethyl adjacent to an activating group) is 2. The molecule has 0 aliphatic heterocycles. The van der Waals surface area contributed by atoms with Crippen LogP contribution in [0.25, 0.3) is 0 Å². The number of anilines is 1. The summed E-state index contributed by atoms with van der Waals surface area (Å²) in [4.78, 5) is 8.62. The van der Waals surface area contributed by atoms with Crippen molar-refractivity contribution < 1.29 is 0 Å². The predicted molar refractivity (Wildman–Crippen MR) is 68.2 cm³/mol. The highest BCUT2D eigenvalue weighted by Gasteiger charge is 2.45. The summed E-state index contributed by atoms with van der Waals surface area (Å²) >= 11 is 6.08. The lowest BCUT2D eigenvalue weighted by atomic mass is 10.2. The molecular weight excluding hydrogens is 222 g/mol. The molecule has 0 unspecified atom stereocenters. The molecule has 1 aliphatic rings. The van der Waals surface area contributed by atoms with Gasteiger partial charge in [0.25, 0.3) is 0 Å². The van der Waals surface area contributed by atoms with Crippen molar-refractivity contribution in [3.8, 4) is 0 Å². The minimum absolute atomic E-state index is 0.341. The second-order valence-corrected chi connectivity index (χ2v) is 5.15. The Morgan fingerprint density at radius 3 is 2.56 bits per heavy atom. The Balaban J connectivity index is 2.09. The zero-order valence-electron chi connectivity index (χ0n) is 10.1. The lowest BCUT2D eigenvalue weighted by molar-refractivity contribution is 0.276. The highest BCUT2D eigenvalue weighted by atomic mass is 35.5. The number of nitrogens with zero attached hydrogens (tertiary/aromatic N) is 3. The van der Waals surface area contributed by atoms with Crippen molar-refractivity contribution in [1.29, 1.82) is 0 Å². The molecule has 0 radical (unpaired) electrons. The number of hydrogen-bond donors (Lipinski definition) is 0. The third-order valence-electron chi connectivity index (χ3n) is 3.46. The van der Waals surface area contributed by atoms with E-state index >= 15 is 0 Å². The summed E-state index contributed by atoms with van der Waals surface area (Å²) in [6.45, 7) is 1.01. The summed E-state index contributed by atoms with van der Waals surface area (Å²) in [6.07, 6.45) is 4.25. The first kappa shape index (κ1) is 11.7. The summed E-state index contributed by atoms with van der Waals surface area (Å²) in [5, 5.41) is 0.583. The van der Waals surface area contributed by atoms with Crippen molar-refractivity contribution in [2.75, 3.05) is 32.6 Å². The molecule has 0 atom stereocenters.